The summed E-state index contributed by atoms with van der Waals surface area (Å²) in [6.07, 6.45) is -3.21. The summed E-state index contributed by atoms with van der Waals surface area (Å²) in [5.41, 5.74) is -0.769. The maximum Gasteiger partial charge on any atom is 0.417 e. The van der Waals surface area contributed by atoms with E-state index >= 15 is 0 Å². The van der Waals surface area contributed by atoms with Gasteiger partial charge in [0.1, 0.15) is 0 Å². The van der Waals surface area contributed by atoms with Crippen LogP contribution >= 0.6 is 0 Å². The van der Waals surface area contributed by atoms with E-state index < -0.39 is 17.8 Å². The van der Waals surface area contributed by atoms with Gasteiger partial charge in [-0.05, 0) is 43.9 Å². The molecule has 1 aliphatic heterocycles. The third-order valence-electron chi connectivity index (χ3n) is 4.06. The van der Waals surface area contributed by atoms with Gasteiger partial charge in [0.2, 0.25) is 0 Å². The first-order valence-electron chi connectivity index (χ1n) is 6.92. The van der Waals surface area contributed by atoms with E-state index in [1.54, 1.807) is 13.0 Å². The number of carbonyl (C=O) groups excluding carboxylic acids is 1. The summed E-state index contributed by atoms with van der Waals surface area (Å²) in [7, 11) is 0. The van der Waals surface area contributed by atoms with Crippen LogP contribution in [0.2, 0.25) is 0 Å². The molecule has 1 aliphatic rings. The van der Waals surface area contributed by atoms with Crippen LogP contribution in [0.3, 0.4) is 0 Å². The molecule has 0 radical (unpaired) electrons. The zero-order chi connectivity index (χ0) is 15.6. The van der Waals surface area contributed by atoms with Gasteiger partial charge in [-0.3, -0.25) is 4.79 Å². The Morgan fingerprint density at radius 3 is 2.43 bits per heavy atom. The normalized spacial score (nSPS) is 18.6. The molecular formula is C15H18F3NO2. The Labute approximate surface area is 121 Å². The number of nitrogens with zero attached hydrogens (tertiary/aromatic N) is 1. The molecule has 1 atom stereocenters. The van der Waals surface area contributed by atoms with Gasteiger partial charge in [-0.2, -0.15) is 13.2 Å². The summed E-state index contributed by atoms with van der Waals surface area (Å²) in [5.74, 6) is 0.192. The van der Waals surface area contributed by atoms with Gasteiger partial charge < -0.3 is 10.0 Å². The Morgan fingerprint density at radius 2 is 1.95 bits per heavy atom. The first-order chi connectivity index (χ1) is 9.82. The van der Waals surface area contributed by atoms with Crippen LogP contribution in [0.5, 0.6) is 0 Å². The fraction of sp³-hybridized carbons (Fsp3) is 0.533. The second-order valence-corrected chi connectivity index (χ2v) is 5.45. The van der Waals surface area contributed by atoms with Crippen molar-refractivity contribution in [2.45, 2.75) is 32.0 Å². The van der Waals surface area contributed by atoms with E-state index in [4.69, 9.17) is 0 Å². The average Bonchev–Trinajstić information content (AvgIpc) is 2.45. The Balaban J connectivity index is 2.20. The molecule has 1 aromatic rings. The zero-order valence-corrected chi connectivity index (χ0v) is 11.7. The molecule has 116 valence electrons. The van der Waals surface area contributed by atoms with Gasteiger partial charge in [0.05, 0.1) is 11.7 Å². The molecule has 1 unspecified atom stereocenters. The molecule has 6 heteroatoms. The molecule has 1 saturated heterocycles. The van der Waals surface area contributed by atoms with Crippen LogP contribution in [0.1, 0.15) is 35.7 Å². The van der Waals surface area contributed by atoms with E-state index in [-0.39, 0.29) is 17.8 Å². The van der Waals surface area contributed by atoms with Gasteiger partial charge in [0, 0.05) is 24.3 Å². The van der Waals surface area contributed by atoms with Crippen molar-refractivity contribution in [2.75, 3.05) is 18.0 Å². The number of aldehydes is 1. The third kappa shape index (κ3) is 3.56. The predicted octanol–water partition coefficient (Wildman–Crippen LogP) is 3.12. The molecule has 0 aromatic heterocycles. The lowest BCUT2D eigenvalue weighted by molar-refractivity contribution is -0.137. The largest absolute Gasteiger partial charge is 0.417 e. The minimum Gasteiger partial charge on any atom is -0.393 e. The van der Waals surface area contributed by atoms with Crippen molar-refractivity contribution < 1.29 is 23.1 Å². The van der Waals surface area contributed by atoms with E-state index in [1.165, 1.54) is 6.07 Å². The van der Waals surface area contributed by atoms with Gasteiger partial charge >= 0.3 is 6.18 Å². The van der Waals surface area contributed by atoms with Crippen molar-refractivity contribution in [1.29, 1.82) is 0 Å². The molecule has 1 aromatic carbocycles. The summed E-state index contributed by atoms with van der Waals surface area (Å²) < 4.78 is 38.8. The molecule has 1 heterocycles. The minimum absolute atomic E-state index is 0.192. The van der Waals surface area contributed by atoms with Crippen LogP contribution < -0.4 is 4.90 Å². The number of aliphatic hydroxyl groups is 1. The summed E-state index contributed by atoms with van der Waals surface area (Å²) in [4.78, 5) is 12.6. The Kier molecular flexibility index (Phi) is 4.56. The van der Waals surface area contributed by atoms with Crippen molar-refractivity contribution in [1.82, 2.24) is 0 Å². The number of hydrogen-bond donors (Lipinski definition) is 1. The second kappa shape index (κ2) is 6.05. The minimum atomic E-state index is -4.54. The number of carbonyl (C=O) groups is 1. The van der Waals surface area contributed by atoms with Gasteiger partial charge in [-0.25, -0.2) is 0 Å². The lowest BCUT2D eigenvalue weighted by atomic mass is 9.92. The highest BCUT2D eigenvalue weighted by atomic mass is 19.4. The van der Waals surface area contributed by atoms with Crippen molar-refractivity contribution >= 4 is 12.0 Å². The number of halogens is 3. The van der Waals surface area contributed by atoms with E-state index in [0.29, 0.717) is 18.8 Å². The number of rotatable bonds is 3. The predicted molar refractivity (Wildman–Crippen MR) is 73.4 cm³/mol. The van der Waals surface area contributed by atoms with Gasteiger partial charge in [0.25, 0.3) is 0 Å². The maximum absolute atomic E-state index is 12.9. The highest BCUT2D eigenvalue weighted by Gasteiger charge is 2.34. The van der Waals surface area contributed by atoms with Crippen LogP contribution in [-0.2, 0) is 6.18 Å². The van der Waals surface area contributed by atoms with Crippen LogP contribution in [0.4, 0.5) is 18.9 Å². The summed E-state index contributed by atoms with van der Waals surface area (Å²) in [5, 5.41) is 9.55. The van der Waals surface area contributed by atoms with Crippen molar-refractivity contribution in [2.24, 2.45) is 5.92 Å². The highest BCUT2D eigenvalue weighted by molar-refractivity contribution is 5.79. The molecule has 1 N–H and O–H groups in total. The topological polar surface area (TPSA) is 40.5 Å². The number of benzene rings is 1. The first kappa shape index (κ1) is 15.8. The molecule has 2 rings (SSSR count). The lowest BCUT2D eigenvalue weighted by Gasteiger charge is -2.35. The molecule has 3 nitrogen and oxygen atoms in total. The van der Waals surface area contributed by atoms with E-state index in [2.05, 4.69) is 0 Å². The molecule has 0 bridgehead atoms. The number of piperidine rings is 1. The van der Waals surface area contributed by atoms with Crippen LogP contribution in [0.25, 0.3) is 0 Å². The number of alkyl halides is 3. The standard InChI is InChI=1S/C15H18F3NO2/c1-10(21)11-4-6-19(7-5-11)13-3-2-12(9-20)14(8-13)15(16,17)18/h2-3,8-11,21H,4-7H2,1H3. The molecular weight excluding hydrogens is 283 g/mol. The van der Waals surface area contributed by atoms with E-state index in [0.717, 1.165) is 18.9 Å². The van der Waals surface area contributed by atoms with Crippen LogP contribution in [-0.4, -0.2) is 30.6 Å². The third-order valence-corrected chi connectivity index (χ3v) is 4.06. The summed E-state index contributed by atoms with van der Waals surface area (Å²) in [6, 6.07) is 3.79. The molecule has 21 heavy (non-hydrogen) atoms. The highest BCUT2D eigenvalue weighted by Crippen LogP contribution is 2.35. The van der Waals surface area contributed by atoms with Crippen molar-refractivity contribution in [3.8, 4) is 0 Å². The fourth-order valence-corrected chi connectivity index (χ4v) is 2.73. The fourth-order valence-electron chi connectivity index (χ4n) is 2.73. The van der Waals surface area contributed by atoms with Gasteiger partial charge in [-0.1, -0.05) is 0 Å². The zero-order valence-electron chi connectivity index (χ0n) is 11.7. The van der Waals surface area contributed by atoms with Crippen molar-refractivity contribution in [3.05, 3.63) is 29.3 Å². The number of aliphatic hydroxyl groups excluding tert-OH is 1. The van der Waals surface area contributed by atoms with E-state index in [1.807, 2.05) is 4.90 Å². The second-order valence-electron chi connectivity index (χ2n) is 5.45. The molecule has 0 saturated carbocycles. The summed E-state index contributed by atoms with van der Waals surface area (Å²) >= 11 is 0. The summed E-state index contributed by atoms with van der Waals surface area (Å²) in [6.45, 7) is 2.95. The number of hydrogen-bond acceptors (Lipinski definition) is 3. The average molecular weight is 301 g/mol. The van der Waals surface area contributed by atoms with Crippen LogP contribution in [0, 0.1) is 5.92 Å². The van der Waals surface area contributed by atoms with E-state index in [9.17, 15) is 23.1 Å². The van der Waals surface area contributed by atoms with Crippen LogP contribution in [0.15, 0.2) is 18.2 Å². The molecule has 0 amide bonds. The Morgan fingerprint density at radius 1 is 1.33 bits per heavy atom. The smallest absolute Gasteiger partial charge is 0.393 e. The molecule has 1 fully saturated rings. The molecule has 0 aliphatic carbocycles. The van der Waals surface area contributed by atoms with Gasteiger partial charge in [-0.15, -0.1) is 0 Å². The SMILES string of the molecule is CC(O)C1CCN(c2ccc(C=O)c(C(F)(F)F)c2)CC1. The van der Waals surface area contributed by atoms with Gasteiger partial charge in [0.15, 0.2) is 6.29 Å². The first-order valence-corrected chi connectivity index (χ1v) is 6.92. The Bertz CT molecular complexity index is 506. The lowest BCUT2D eigenvalue weighted by Crippen LogP contribution is -2.37. The quantitative estimate of drug-likeness (QED) is 0.872. The maximum atomic E-state index is 12.9. The van der Waals surface area contributed by atoms with Crippen molar-refractivity contribution in [3.63, 3.8) is 0 Å². The monoisotopic (exact) mass is 301 g/mol. The Hall–Kier alpha value is -1.56. The molecule has 0 spiro atoms. The number of anilines is 1.